The second kappa shape index (κ2) is 11.7. The molecule has 1 unspecified atom stereocenters. The van der Waals surface area contributed by atoms with Crippen LogP contribution >= 0.6 is 0 Å². The molecule has 3 aromatic rings. The number of anilines is 1. The minimum absolute atomic E-state index is 0.0856. The summed E-state index contributed by atoms with van der Waals surface area (Å²) in [7, 11) is 0. The van der Waals surface area contributed by atoms with Crippen LogP contribution in [0.4, 0.5) is 23.2 Å². The van der Waals surface area contributed by atoms with Gasteiger partial charge < -0.3 is 20.0 Å². The van der Waals surface area contributed by atoms with E-state index in [2.05, 4.69) is 15.5 Å². The van der Waals surface area contributed by atoms with Crippen molar-refractivity contribution in [2.24, 2.45) is 5.92 Å². The highest BCUT2D eigenvalue weighted by atomic mass is 19.4. The minimum Gasteiger partial charge on any atom is -0.451 e. The molecule has 0 spiro atoms. The van der Waals surface area contributed by atoms with Gasteiger partial charge in [-0.15, -0.1) is 0 Å². The molecular formula is C30H31F4N3O3. The molecule has 2 amide bonds. The van der Waals surface area contributed by atoms with Gasteiger partial charge in [-0.3, -0.25) is 9.59 Å². The van der Waals surface area contributed by atoms with Crippen molar-refractivity contribution >= 4 is 17.5 Å². The summed E-state index contributed by atoms with van der Waals surface area (Å²) < 4.78 is 58.4. The molecule has 1 aliphatic heterocycles. The Morgan fingerprint density at radius 1 is 1.05 bits per heavy atom. The third kappa shape index (κ3) is 6.48. The summed E-state index contributed by atoms with van der Waals surface area (Å²) in [6.45, 7) is 1.64. The molecule has 2 N–H and O–H groups in total. The summed E-state index contributed by atoms with van der Waals surface area (Å²) >= 11 is 0. The Kier molecular flexibility index (Phi) is 8.14. The Morgan fingerprint density at radius 3 is 2.62 bits per heavy atom. The molecule has 40 heavy (non-hydrogen) atoms. The van der Waals surface area contributed by atoms with Crippen LogP contribution in [0.2, 0.25) is 0 Å². The number of carbonyl (C=O) groups excluding carboxylic acids is 2. The van der Waals surface area contributed by atoms with Crippen molar-refractivity contribution in [3.05, 3.63) is 77.3 Å². The third-order valence-corrected chi connectivity index (χ3v) is 7.68. The van der Waals surface area contributed by atoms with Crippen molar-refractivity contribution in [3.63, 3.8) is 0 Å². The van der Waals surface area contributed by atoms with Gasteiger partial charge in [0.25, 0.3) is 5.91 Å². The molecular weight excluding hydrogens is 526 g/mol. The van der Waals surface area contributed by atoms with Crippen LogP contribution in [-0.2, 0) is 17.4 Å². The maximum Gasteiger partial charge on any atom is 0.416 e. The number of halogens is 4. The largest absolute Gasteiger partial charge is 0.451 e. The van der Waals surface area contributed by atoms with Gasteiger partial charge in [-0.2, -0.15) is 13.2 Å². The van der Waals surface area contributed by atoms with Crippen LogP contribution in [0.25, 0.3) is 11.3 Å². The Hall–Kier alpha value is -3.82. The molecule has 0 bridgehead atoms. The quantitative estimate of drug-likeness (QED) is 0.319. The molecule has 2 heterocycles. The number of alkyl halides is 3. The van der Waals surface area contributed by atoms with E-state index >= 15 is 0 Å². The zero-order chi connectivity index (χ0) is 28.3. The first kappa shape index (κ1) is 27.7. The van der Waals surface area contributed by atoms with E-state index in [0.29, 0.717) is 25.4 Å². The Labute approximate surface area is 229 Å². The van der Waals surface area contributed by atoms with Crippen LogP contribution < -0.4 is 15.5 Å². The number of furan rings is 1. The molecule has 1 saturated carbocycles. The molecule has 10 heteroatoms. The smallest absolute Gasteiger partial charge is 0.416 e. The third-order valence-electron chi connectivity index (χ3n) is 7.68. The van der Waals surface area contributed by atoms with Crippen molar-refractivity contribution in [2.45, 2.75) is 50.7 Å². The highest BCUT2D eigenvalue weighted by molar-refractivity contribution is 5.96. The summed E-state index contributed by atoms with van der Waals surface area (Å²) in [5.41, 5.74) is 1.28. The fraction of sp³-hybridized carbons (Fsp3) is 0.400. The first-order chi connectivity index (χ1) is 19.2. The molecule has 0 radical (unpaired) electrons. The van der Waals surface area contributed by atoms with E-state index in [0.717, 1.165) is 62.0 Å². The van der Waals surface area contributed by atoms with Crippen molar-refractivity contribution in [1.82, 2.24) is 10.6 Å². The number of rotatable bonds is 9. The van der Waals surface area contributed by atoms with Crippen LogP contribution in [0.1, 0.15) is 53.8 Å². The molecule has 2 aromatic carbocycles. The van der Waals surface area contributed by atoms with Gasteiger partial charge in [0.15, 0.2) is 5.76 Å². The number of carbonyl (C=O) groups is 2. The normalized spacial score (nSPS) is 16.1. The first-order valence-electron chi connectivity index (χ1n) is 13.6. The predicted molar refractivity (Wildman–Crippen MR) is 142 cm³/mol. The maximum absolute atomic E-state index is 13.5. The number of hydrogen-bond donors (Lipinski definition) is 2. The van der Waals surface area contributed by atoms with Gasteiger partial charge in [0.05, 0.1) is 5.56 Å². The van der Waals surface area contributed by atoms with Crippen LogP contribution in [0.5, 0.6) is 0 Å². The molecule has 5 rings (SSSR count). The lowest BCUT2D eigenvalue weighted by atomic mass is 9.97. The molecule has 212 valence electrons. The van der Waals surface area contributed by atoms with Crippen LogP contribution in [0, 0.1) is 11.7 Å². The summed E-state index contributed by atoms with van der Waals surface area (Å²) in [6.07, 6.45) is 0.876. The van der Waals surface area contributed by atoms with Gasteiger partial charge in [-0.05, 0) is 66.8 Å². The number of benzene rings is 2. The molecule has 1 aromatic heterocycles. The lowest BCUT2D eigenvalue weighted by molar-refractivity contribution is -0.137. The lowest BCUT2D eigenvalue weighted by Crippen LogP contribution is -2.49. The van der Waals surface area contributed by atoms with Gasteiger partial charge in [0.2, 0.25) is 5.91 Å². The Morgan fingerprint density at radius 2 is 1.85 bits per heavy atom. The number of fused-ring (bicyclic) bond motifs is 1. The summed E-state index contributed by atoms with van der Waals surface area (Å²) in [4.78, 5) is 28.3. The number of hydrogen-bond acceptors (Lipinski definition) is 4. The van der Waals surface area contributed by atoms with Crippen molar-refractivity contribution in [1.29, 1.82) is 0 Å². The first-order valence-corrected chi connectivity index (χ1v) is 13.6. The molecule has 1 atom stereocenters. The van der Waals surface area contributed by atoms with Crippen molar-refractivity contribution < 1.29 is 31.6 Å². The fourth-order valence-corrected chi connectivity index (χ4v) is 5.61. The van der Waals surface area contributed by atoms with Gasteiger partial charge in [-0.1, -0.05) is 37.8 Å². The number of nitrogens with one attached hydrogen (secondary N) is 2. The molecule has 6 nitrogen and oxygen atoms in total. The Balaban J connectivity index is 1.22. The highest BCUT2D eigenvalue weighted by Gasteiger charge is 2.31. The molecule has 2 aliphatic rings. The van der Waals surface area contributed by atoms with Gasteiger partial charge in [0.1, 0.15) is 17.6 Å². The van der Waals surface area contributed by atoms with Gasteiger partial charge in [0, 0.05) is 30.9 Å². The fourth-order valence-electron chi connectivity index (χ4n) is 5.61. The van der Waals surface area contributed by atoms with Crippen molar-refractivity contribution in [2.75, 3.05) is 24.5 Å². The summed E-state index contributed by atoms with van der Waals surface area (Å²) in [5.74, 6) is -0.821. The second-order valence-corrected chi connectivity index (χ2v) is 10.5. The standard InChI is InChI=1S/C30H31F4N3O3/c31-23-8-9-25-20(18-23)12-14-37(25)15-13-35-28(38)24(16-19-4-1-2-5-19)36-29(39)27-11-10-26(40-27)21-6-3-7-22(17-21)30(32,33)34/h3,6-11,17-19,24H,1-2,4-5,12-16H2,(H,35,38)(H,36,39). The average molecular weight is 558 g/mol. The van der Waals surface area contributed by atoms with E-state index in [1.165, 1.54) is 36.4 Å². The van der Waals surface area contributed by atoms with Crippen LogP contribution in [0.3, 0.4) is 0 Å². The average Bonchev–Trinajstić information content (AvgIpc) is 3.69. The van der Waals surface area contributed by atoms with E-state index in [9.17, 15) is 27.2 Å². The van der Waals surface area contributed by atoms with E-state index in [1.807, 2.05) is 0 Å². The topological polar surface area (TPSA) is 74.6 Å². The lowest BCUT2D eigenvalue weighted by Gasteiger charge is -2.23. The highest BCUT2D eigenvalue weighted by Crippen LogP contribution is 2.33. The Bertz CT molecular complexity index is 1360. The molecule has 1 fully saturated rings. The SMILES string of the molecule is O=C(NC(CC1CCCC1)C(=O)NCCN1CCc2cc(F)ccc21)c1ccc(-c2cccc(C(F)(F)F)c2)o1. The second-order valence-electron chi connectivity index (χ2n) is 10.5. The van der Waals surface area contributed by atoms with Crippen molar-refractivity contribution in [3.8, 4) is 11.3 Å². The predicted octanol–water partition coefficient (Wildman–Crippen LogP) is 5.96. The molecule has 1 aliphatic carbocycles. The maximum atomic E-state index is 13.5. The van der Waals surface area contributed by atoms with Crippen LogP contribution in [0.15, 0.2) is 59.0 Å². The minimum atomic E-state index is -4.50. The zero-order valence-corrected chi connectivity index (χ0v) is 21.9. The van der Waals surface area contributed by atoms with E-state index in [4.69, 9.17) is 4.42 Å². The van der Waals surface area contributed by atoms with E-state index in [1.54, 1.807) is 6.07 Å². The number of amides is 2. The summed E-state index contributed by atoms with van der Waals surface area (Å²) in [5, 5.41) is 5.71. The summed E-state index contributed by atoms with van der Waals surface area (Å²) in [6, 6.07) is 11.4. The van der Waals surface area contributed by atoms with E-state index < -0.39 is 23.7 Å². The monoisotopic (exact) mass is 557 g/mol. The van der Waals surface area contributed by atoms with E-state index in [-0.39, 0.29) is 28.8 Å². The zero-order valence-electron chi connectivity index (χ0n) is 21.9. The van der Waals surface area contributed by atoms with Gasteiger partial charge in [-0.25, -0.2) is 4.39 Å². The van der Waals surface area contributed by atoms with Crippen LogP contribution in [-0.4, -0.2) is 37.5 Å². The number of nitrogens with zero attached hydrogens (tertiary/aromatic N) is 1. The van der Waals surface area contributed by atoms with Gasteiger partial charge >= 0.3 is 6.18 Å². The molecule has 0 saturated heterocycles.